The molecule has 5 amide bonds. The molecule has 13 nitrogen and oxygen atoms in total. The summed E-state index contributed by atoms with van der Waals surface area (Å²) in [4.78, 5) is 69.4. The third-order valence-corrected chi connectivity index (χ3v) is 12.6. The van der Waals surface area contributed by atoms with Crippen LogP contribution in [-0.2, 0) is 29.2 Å². The second-order valence-corrected chi connectivity index (χ2v) is 20.0. The SMILES string of the molecule is C=CCNC(=O)C(=O)C(CCC)NC(=O)[C@@H]1[C@@H]2[C@H](CN1C(=O)[C@@H](NC(=O)N[C@H](CN(CC1CCCCC1)S(C)(=O)=O)C(C)(C)C)C(C)(C)C)C2(C)C. The van der Waals surface area contributed by atoms with E-state index in [0.29, 0.717) is 19.5 Å². The molecule has 52 heavy (non-hydrogen) atoms. The van der Waals surface area contributed by atoms with Crippen molar-refractivity contribution in [2.45, 2.75) is 131 Å². The number of fused-ring (bicyclic) bond motifs is 1. The fourth-order valence-corrected chi connectivity index (χ4v) is 8.83. The van der Waals surface area contributed by atoms with Gasteiger partial charge in [-0.3, -0.25) is 19.2 Å². The Balaban J connectivity index is 1.82. The van der Waals surface area contributed by atoms with Gasteiger partial charge in [-0.25, -0.2) is 13.2 Å². The molecular formula is C38H66N6O7S. The van der Waals surface area contributed by atoms with Crippen molar-refractivity contribution < 1.29 is 32.4 Å². The van der Waals surface area contributed by atoms with Crippen molar-refractivity contribution in [2.75, 3.05) is 32.4 Å². The third kappa shape index (κ3) is 10.8. The van der Waals surface area contributed by atoms with Crippen LogP contribution in [-0.4, -0.2) is 104 Å². The zero-order valence-corrected chi connectivity index (χ0v) is 34.1. The van der Waals surface area contributed by atoms with Crippen LogP contribution in [0.5, 0.6) is 0 Å². The lowest BCUT2D eigenvalue weighted by Gasteiger charge is -2.39. The van der Waals surface area contributed by atoms with E-state index in [0.717, 1.165) is 32.1 Å². The topological polar surface area (TPSA) is 174 Å². The van der Waals surface area contributed by atoms with Crippen molar-refractivity contribution in [1.29, 1.82) is 0 Å². The summed E-state index contributed by atoms with van der Waals surface area (Å²) in [6, 6.07) is -4.16. The van der Waals surface area contributed by atoms with E-state index in [1.807, 2.05) is 48.5 Å². The Morgan fingerprint density at radius 1 is 0.962 bits per heavy atom. The molecule has 0 radical (unpaired) electrons. The molecule has 2 saturated carbocycles. The smallest absolute Gasteiger partial charge is 0.315 e. The van der Waals surface area contributed by atoms with Gasteiger partial charge in [0.1, 0.15) is 12.1 Å². The number of hydrogen-bond donors (Lipinski definition) is 4. The van der Waals surface area contributed by atoms with E-state index in [2.05, 4.69) is 41.7 Å². The van der Waals surface area contributed by atoms with Crippen molar-refractivity contribution in [3.8, 4) is 0 Å². The van der Waals surface area contributed by atoms with Crippen molar-refractivity contribution in [2.24, 2.45) is 34.0 Å². The number of urea groups is 1. The van der Waals surface area contributed by atoms with Crippen LogP contribution >= 0.6 is 0 Å². The number of carbonyl (C=O) groups is 5. The highest BCUT2D eigenvalue weighted by molar-refractivity contribution is 7.88. The molecule has 0 aromatic rings. The third-order valence-electron chi connectivity index (χ3n) is 11.4. The van der Waals surface area contributed by atoms with Crippen LogP contribution in [0.2, 0.25) is 0 Å². The number of likely N-dealkylation sites (tertiary alicyclic amines) is 1. The van der Waals surface area contributed by atoms with Crippen LogP contribution in [0.25, 0.3) is 0 Å². The van der Waals surface area contributed by atoms with Crippen LogP contribution in [0.4, 0.5) is 4.79 Å². The van der Waals surface area contributed by atoms with E-state index in [1.54, 1.807) is 0 Å². The molecule has 3 fully saturated rings. The highest BCUT2D eigenvalue weighted by atomic mass is 32.2. The molecule has 0 aromatic carbocycles. The Morgan fingerprint density at radius 2 is 1.58 bits per heavy atom. The molecule has 0 bridgehead atoms. The number of nitrogens with zero attached hydrogens (tertiary/aromatic N) is 2. The second kappa shape index (κ2) is 17.0. The highest BCUT2D eigenvalue weighted by Gasteiger charge is 2.70. The number of carbonyl (C=O) groups excluding carboxylic acids is 5. The summed E-state index contributed by atoms with van der Waals surface area (Å²) in [6.07, 6.45) is 8.73. The molecule has 0 aromatic heterocycles. The number of ketones is 1. The van der Waals surface area contributed by atoms with Crippen LogP contribution in [0.15, 0.2) is 12.7 Å². The summed E-state index contributed by atoms with van der Waals surface area (Å²) in [7, 11) is -3.56. The molecule has 3 aliphatic rings. The first-order valence-corrected chi connectivity index (χ1v) is 20.9. The van der Waals surface area contributed by atoms with E-state index in [9.17, 15) is 32.4 Å². The van der Waals surface area contributed by atoms with E-state index < -0.39 is 74.6 Å². The summed E-state index contributed by atoms with van der Waals surface area (Å²) < 4.78 is 27.4. The second-order valence-electron chi connectivity index (χ2n) is 18.0. The van der Waals surface area contributed by atoms with Gasteiger partial charge in [-0.15, -0.1) is 6.58 Å². The summed E-state index contributed by atoms with van der Waals surface area (Å²) >= 11 is 0. The molecule has 1 saturated heterocycles. The average molecular weight is 751 g/mol. The highest BCUT2D eigenvalue weighted by Crippen LogP contribution is 2.65. The van der Waals surface area contributed by atoms with Gasteiger partial charge in [-0.05, 0) is 53.3 Å². The number of nitrogens with one attached hydrogen (secondary N) is 4. The fraction of sp³-hybridized carbons (Fsp3) is 0.816. The van der Waals surface area contributed by atoms with Gasteiger partial charge in [0.05, 0.1) is 12.3 Å². The molecule has 0 spiro atoms. The Morgan fingerprint density at radius 3 is 2.10 bits per heavy atom. The Labute approximate surface area is 312 Å². The van der Waals surface area contributed by atoms with Crippen molar-refractivity contribution >= 4 is 39.6 Å². The van der Waals surface area contributed by atoms with E-state index in [1.165, 1.54) is 21.5 Å². The van der Waals surface area contributed by atoms with Gasteiger partial charge in [-0.2, -0.15) is 4.31 Å². The minimum Gasteiger partial charge on any atom is -0.346 e. The van der Waals surface area contributed by atoms with Gasteiger partial charge in [0, 0.05) is 32.2 Å². The monoisotopic (exact) mass is 750 g/mol. The lowest BCUT2D eigenvalue weighted by molar-refractivity contribution is -0.145. The molecular weight excluding hydrogens is 685 g/mol. The molecule has 1 aliphatic heterocycles. The summed E-state index contributed by atoms with van der Waals surface area (Å²) in [5.41, 5.74) is -1.50. The molecule has 296 valence electrons. The van der Waals surface area contributed by atoms with Gasteiger partial charge in [0.15, 0.2) is 0 Å². The number of hydrogen-bond acceptors (Lipinski definition) is 7. The Bertz CT molecular complexity index is 1440. The minimum absolute atomic E-state index is 0.0503. The van der Waals surface area contributed by atoms with Gasteiger partial charge < -0.3 is 26.2 Å². The maximum Gasteiger partial charge on any atom is 0.315 e. The quantitative estimate of drug-likeness (QED) is 0.138. The maximum atomic E-state index is 14.5. The molecule has 6 atom stereocenters. The molecule has 4 N–H and O–H groups in total. The van der Waals surface area contributed by atoms with E-state index in [-0.39, 0.29) is 42.7 Å². The van der Waals surface area contributed by atoms with Crippen LogP contribution in [0.1, 0.15) is 107 Å². The standard InChI is InChI=1S/C38H66N6O7S/c1-12-17-26(30(45)33(47)39-20-13-2)40-32(46)29-28-25(38(28,9)10)22-44(29)34(48)31(37(6,7)8)42-35(49)41-27(36(3,4)5)23-43(52(11,50)51)21-24-18-15-14-16-19-24/h13,24-29,31H,2,12,14-23H2,1,3-11H3,(H,39,47)(H,40,46)(H2,41,42,49)/t25-,26?,27+,28-,29-,31+/m0/s1. The Hall–Kier alpha value is -3.00. The normalized spacial score (nSPS) is 23.5. The molecule has 3 rings (SSSR count). The lowest BCUT2D eigenvalue weighted by atomic mass is 9.84. The summed E-state index contributed by atoms with van der Waals surface area (Å²) in [6.45, 7) is 21.7. The van der Waals surface area contributed by atoms with Gasteiger partial charge >= 0.3 is 6.03 Å². The molecule has 1 unspecified atom stereocenters. The predicted octanol–water partition coefficient (Wildman–Crippen LogP) is 3.60. The van der Waals surface area contributed by atoms with Crippen LogP contribution in [0.3, 0.4) is 0 Å². The van der Waals surface area contributed by atoms with Gasteiger partial charge in [0.2, 0.25) is 27.6 Å². The first-order valence-electron chi connectivity index (χ1n) is 19.0. The van der Waals surface area contributed by atoms with Crippen LogP contribution in [0, 0.1) is 34.0 Å². The Kier molecular flexibility index (Phi) is 14.2. The summed E-state index contributed by atoms with van der Waals surface area (Å²) in [5, 5.41) is 11.2. The number of piperidine rings is 1. The minimum atomic E-state index is -3.56. The number of rotatable bonds is 16. The van der Waals surface area contributed by atoms with Crippen molar-refractivity contribution in [1.82, 2.24) is 30.5 Å². The number of sulfonamides is 1. The van der Waals surface area contributed by atoms with Crippen molar-refractivity contribution in [3.05, 3.63) is 12.7 Å². The fourth-order valence-electron chi connectivity index (χ4n) is 7.93. The van der Waals surface area contributed by atoms with E-state index in [4.69, 9.17) is 0 Å². The number of Topliss-reactive ketones (excluding diaryl/α,β-unsaturated/α-hetero) is 1. The average Bonchev–Trinajstić information content (AvgIpc) is 3.34. The molecule has 2 aliphatic carbocycles. The lowest BCUT2D eigenvalue weighted by Crippen LogP contribution is -2.63. The van der Waals surface area contributed by atoms with Gasteiger partial charge in [-0.1, -0.05) is 94.1 Å². The molecule has 14 heteroatoms. The molecule has 1 heterocycles. The predicted molar refractivity (Wildman–Crippen MR) is 202 cm³/mol. The maximum absolute atomic E-state index is 14.5. The largest absolute Gasteiger partial charge is 0.346 e. The van der Waals surface area contributed by atoms with Crippen molar-refractivity contribution in [3.63, 3.8) is 0 Å². The zero-order valence-electron chi connectivity index (χ0n) is 33.3. The first-order chi connectivity index (χ1) is 23.9. The summed E-state index contributed by atoms with van der Waals surface area (Å²) in [5.74, 6) is -2.33. The first kappa shape index (κ1) is 43.4. The number of amides is 5. The van der Waals surface area contributed by atoms with E-state index >= 15 is 0 Å². The van der Waals surface area contributed by atoms with Crippen LogP contribution < -0.4 is 21.3 Å². The van der Waals surface area contributed by atoms with Gasteiger partial charge in [0.25, 0.3) is 5.91 Å². The zero-order chi connectivity index (χ0) is 39.4.